The minimum atomic E-state index is -0.486. The van der Waals surface area contributed by atoms with Crippen LogP contribution < -0.4 is 5.48 Å². The van der Waals surface area contributed by atoms with Crippen molar-refractivity contribution in [3.63, 3.8) is 0 Å². The molecule has 19 heavy (non-hydrogen) atoms. The average Bonchev–Trinajstić information content (AvgIpc) is 2.34. The van der Waals surface area contributed by atoms with E-state index >= 15 is 0 Å². The van der Waals surface area contributed by atoms with Gasteiger partial charge in [-0.05, 0) is 40.5 Å². The maximum Gasteiger partial charge on any atom is 0.410 e. The number of hydrogen-bond acceptors (Lipinski definition) is 4. The van der Waals surface area contributed by atoms with Crippen molar-refractivity contribution in [3.8, 4) is 0 Å². The topological polar surface area (TPSA) is 67.9 Å². The highest BCUT2D eigenvalue weighted by Crippen LogP contribution is 2.19. The van der Waals surface area contributed by atoms with Gasteiger partial charge in [0.05, 0.1) is 6.61 Å². The Balaban J connectivity index is 2.36. The number of piperidine rings is 1. The highest BCUT2D eigenvalue weighted by atomic mass is 16.6. The van der Waals surface area contributed by atoms with E-state index in [1.54, 1.807) is 4.90 Å². The lowest BCUT2D eigenvalue weighted by Crippen LogP contribution is -2.44. The van der Waals surface area contributed by atoms with Crippen LogP contribution in [-0.4, -0.2) is 42.2 Å². The third-order valence-electron chi connectivity index (χ3n) is 2.83. The van der Waals surface area contributed by atoms with E-state index in [0.717, 1.165) is 0 Å². The van der Waals surface area contributed by atoms with E-state index in [0.29, 0.717) is 32.5 Å². The van der Waals surface area contributed by atoms with E-state index in [-0.39, 0.29) is 17.9 Å². The average molecular weight is 272 g/mol. The Labute approximate surface area is 114 Å². The van der Waals surface area contributed by atoms with Gasteiger partial charge in [0.1, 0.15) is 5.60 Å². The Morgan fingerprint density at radius 1 is 1.26 bits per heavy atom. The van der Waals surface area contributed by atoms with Crippen molar-refractivity contribution in [2.75, 3.05) is 19.7 Å². The van der Waals surface area contributed by atoms with Gasteiger partial charge < -0.3 is 9.64 Å². The first-order valence-corrected chi connectivity index (χ1v) is 6.73. The van der Waals surface area contributed by atoms with Crippen LogP contribution in [0.25, 0.3) is 0 Å². The summed E-state index contributed by atoms with van der Waals surface area (Å²) in [4.78, 5) is 30.1. The molecule has 0 spiro atoms. The number of nitrogens with one attached hydrogen (secondary N) is 1. The first-order chi connectivity index (χ1) is 8.83. The van der Waals surface area contributed by atoms with Crippen molar-refractivity contribution in [1.82, 2.24) is 10.4 Å². The minimum absolute atomic E-state index is 0.0924. The molecule has 0 aromatic carbocycles. The predicted molar refractivity (Wildman–Crippen MR) is 70.3 cm³/mol. The summed E-state index contributed by atoms with van der Waals surface area (Å²) in [5, 5.41) is 0. The van der Waals surface area contributed by atoms with Gasteiger partial charge in [0, 0.05) is 19.0 Å². The summed E-state index contributed by atoms with van der Waals surface area (Å²) in [5.74, 6) is -0.198. The molecule has 1 fully saturated rings. The zero-order valence-electron chi connectivity index (χ0n) is 12.2. The first-order valence-electron chi connectivity index (χ1n) is 6.73. The zero-order valence-corrected chi connectivity index (χ0v) is 12.2. The first kappa shape index (κ1) is 15.8. The van der Waals surface area contributed by atoms with E-state index in [9.17, 15) is 9.59 Å². The number of carbonyl (C=O) groups excluding carboxylic acids is 2. The Bertz CT molecular complexity index is 317. The number of hydroxylamine groups is 1. The number of nitrogens with zero attached hydrogens (tertiary/aromatic N) is 1. The summed E-state index contributed by atoms with van der Waals surface area (Å²) in [6, 6.07) is 0. The molecular weight excluding hydrogens is 248 g/mol. The monoisotopic (exact) mass is 272 g/mol. The van der Waals surface area contributed by atoms with Crippen molar-refractivity contribution in [1.29, 1.82) is 0 Å². The van der Waals surface area contributed by atoms with E-state index < -0.39 is 5.60 Å². The van der Waals surface area contributed by atoms with Gasteiger partial charge in [0.15, 0.2) is 0 Å². The van der Waals surface area contributed by atoms with Crippen LogP contribution in [0.1, 0.15) is 40.5 Å². The van der Waals surface area contributed by atoms with E-state index in [1.807, 2.05) is 27.7 Å². The van der Waals surface area contributed by atoms with Crippen LogP contribution >= 0.6 is 0 Å². The number of rotatable bonds is 3. The van der Waals surface area contributed by atoms with Gasteiger partial charge in [-0.2, -0.15) is 0 Å². The SMILES string of the molecule is CCONC(=O)C1CCN(C(=O)OC(C)(C)C)CC1. The number of hydrogen-bond donors (Lipinski definition) is 1. The zero-order chi connectivity index (χ0) is 14.5. The smallest absolute Gasteiger partial charge is 0.410 e. The van der Waals surface area contributed by atoms with Gasteiger partial charge in [-0.15, -0.1) is 0 Å². The van der Waals surface area contributed by atoms with Gasteiger partial charge in [-0.1, -0.05) is 0 Å². The van der Waals surface area contributed by atoms with Crippen molar-refractivity contribution in [2.45, 2.75) is 46.1 Å². The van der Waals surface area contributed by atoms with Crippen molar-refractivity contribution < 1.29 is 19.2 Å². The molecule has 6 heteroatoms. The molecule has 0 unspecified atom stereocenters. The van der Waals surface area contributed by atoms with Gasteiger partial charge in [0.2, 0.25) is 5.91 Å². The normalized spacial score (nSPS) is 17.2. The number of carbonyl (C=O) groups is 2. The van der Waals surface area contributed by atoms with Gasteiger partial charge in [0.25, 0.3) is 0 Å². The van der Waals surface area contributed by atoms with Gasteiger partial charge in [-0.25, -0.2) is 10.3 Å². The molecule has 0 aliphatic carbocycles. The molecule has 1 aliphatic rings. The van der Waals surface area contributed by atoms with Crippen LogP contribution in [0, 0.1) is 5.92 Å². The lowest BCUT2D eigenvalue weighted by Gasteiger charge is -2.32. The number of ether oxygens (including phenoxy) is 1. The van der Waals surface area contributed by atoms with E-state index in [4.69, 9.17) is 9.57 Å². The minimum Gasteiger partial charge on any atom is -0.444 e. The fraction of sp³-hybridized carbons (Fsp3) is 0.846. The van der Waals surface area contributed by atoms with Crippen LogP contribution in [-0.2, 0) is 14.4 Å². The second-order valence-corrected chi connectivity index (χ2v) is 5.64. The third-order valence-corrected chi connectivity index (χ3v) is 2.83. The summed E-state index contributed by atoms with van der Waals surface area (Å²) in [5.41, 5.74) is 1.92. The fourth-order valence-electron chi connectivity index (χ4n) is 1.88. The lowest BCUT2D eigenvalue weighted by molar-refractivity contribution is -0.138. The Kier molecular flexibility index (Phi) is 5.60. The fourth-order valence-corrected chi connectivity index (χ4v) is 1.88. The molecule has 1 N–H and O–H groups in total. The van der Waals surface area contributed by atoms with Crippen molar-refractivity contribution >= 4 is 12.0 Å². The number of likely N-dealkylation sites (tertiary alicyclic amines) is 1. The molecule has 0 radical (unpaired) electrons. The van der Waals surface area contributed by atoms with Gasteiger partial charge in [-0.3, -0.25) is 9.63 Å². The molecule has 1 saturated heterocycles. The van der Waals surface area contributed by atoms with Crippen molar-refractivity contribution in [2.24, 2.45) is 5.92 Å². The van der Waals surface area contributed by atoms with Crippen LogP contribution in [0.2, 0.25) is 0 Å². The summed E-state index contributed by atoms with van der Waals surface area (Å²) in [6.45, 7) is 8.86. The highest BCUT2D eigenvalue weighted by Gasteiger charge is 2.29. The summed E-state index contributed by atoms with van der Waals surface area (Å²) >= 11 is 0. The molecule has 0 bridgehead atoms. The second-order valence-electron chi connectivity index (χ2n) is 5.64. The van der Waals surface area contributed by atoms with Crippen LogP contribution in [0.4, 0.5) is 4.79 Å². The molecule has 2 amide bonds. The largest absolute Gasteiger partial charge is 0.444 e. The third kappa shape index (κ3) is 5.46. The maximum atomic E-state index is 11.8. The molecule has 0 aromatic heterocycles. The summed E-state index contributed by atoms with van der Waals surface area (Å²) in [7, 11) is 0. The summed E-state index contributed by atoms with van der Waals surface area (Å²) < 4.78 is 5.30. The molecule has 1 rings (SSSR count). The van der Waals surface area contributed by atoms with Crippen LogP contribution in [0.15, 0.2) is 0 Å². The number of amides is 2. The molecule has 1 aliphatic heterocycles. The summed E-state index contributed by atoms with van der Waals surface area (Å²) in [6.07, 6.45) is 0.965. The second kappa shape index (κ2) is 6.75. The highest BCUT2D eigenvalue weighted by molar-refractivity contribution is 5.78. The van der Waals surface area contributed by atoms with Crippen LogP contribution in [0.5, 0.6) is 0 Å². The standard InChI is InChI=1S/C13H24N2O4/c1-5-18-14-11(16)10-6-8-15(9-7-10)12(17)19-13(2,3)4/h10H,5-9H2,1-4H3,(H,14,16). The van der Waals surface area contributed by atoms with Crippen LogP contribution in [0.3, 0.4) is 0 Å². The molecular formula is C13H24N2O4. The predicted octanol–water partition coefficient (Wildman–Crippen LogP) is 1.70. The molecule has 110 valence electrons. The molecule has 1 heterocycles. The molecule has 6 nitrogen and oxygen atoms in total. The Morgan fingerprint density at radius 2 is 1.84 bits per heavy atom. The van der Waals surface area contributed by atoms with Crippen molar-refractivity contribution in [3.05, 3.63) is 0 Å². The molecule has 0 atom stereocenters. The molecule has 0 aromatic rings. The molecule has 0 saturated carbocycles. The Hall–Kier alpha value is -1.30. The van der Waals surface area contributed by atoms with E-state index in [2.05, 4.69) is 5.48 Å². The van der Waals surface area contributed by atoms with Gasteiger partial charge >= 0.3 is 6.09 Å². The van der Waals surface area contributed by atoms with E-state index in [1.165, 1.54) is 0 Å². The lowest BCUT2D eigenvalue weighted by atomic mass is 9.96. The Morgan fingerprint density at radius 3 is 2.32 bits per heavy atom. The quantitative estimate of drug-likeness (QED) is 0.794. The maximum absolute atomic E-state index is 11.8.